The van der Waals surface area contributed by atoms with Crippen molar-refractivity contribution in [2.45, 2.75) is 13.8 Å². The lowest BCUT2D eigenvalue weighted by Crippen LogP contribution is -2.31. The minimum atomic E-state index is -0.416. The molecule has 0 spiro atoms. The highest BCUT2D eigenvalue weighted by molar-refractivity contribution is 5.79. The van der Waals surface area contributed by atoms with Gasteiger partial charge in [-0.1, -0.05) is 13.8 Å². The lowest BCUT2D eigenvalue weighted by Gasteiger charge is -2.18. The summed E-state index contributed by atoms with van der Waals surface area (Å²) < 4.78 is 5.52. The molecule has 1 aromatic rings. The monoisotopic (exact) mass is 252 g/mol. The van der Waals surface area contributed by atoms with E-state index in [0.29, 0.717) is 29.9 Å². The van der Waals surface area contributed by atoms with Crippen molar-refractivity contribution in [2.75, 3.05) is 30.8 Å². The summed E-state index contributed by atoms with van der Waals surface area (Å²) in [7, 11) is 1.73. The number of primary amides is 1. The van der Waals surface area contributed by atoms with E-state index >= 15 is 0 Å². The van der Waals surface area contributed by atoms with Gasteiger partial charge in [-0.2, -0.15) is 4.98 Å². The maximum atomic E-state index is 10.8. The van der Waals surface area contributed by atoms with E-state index in [-0.39, 0.29) is 6.54 Å². The fourth-order valence-corrected chi connectivity index (χ4v) is 1.33. The third-order valence-corrected chi connectivity index (χ3v) is 2.21. The molecule has 0 atom stereocenters. The van der Waals surface area contributed by atoms with Gasteiger partial charge in [0.05, 0.1) is 18.8 Å². The smallest absolute Gasteiger partial charge is 0.239 e. The van der Waals surface area contributed by atoms with Crippen LogP contribution in [-0.4, -0.2) is 31.1 Å². The number of nitrogens with zero attached hydrogens (tertiary/aromatic N) is 2. The van der Waals surface area contributed by atoms with Gasteiger partial charge in [-0.05, 0) is 18.1 Å². The van der Waals surface area contributed by atoms with Crippen molar-refractivity contribution in [1.29, 1.82) is 0 Å². The Hall–Kier alpha value is -1.98. The average molecular weight is 252 g/mol. The van der Waals surface area contributed by atoms with Gasteiger partial charge < -0.3 is 21.1 Å². The Balaban J connectivity index is 2.82. The largest absolute Gasteiger partial charge is 0.476 e. The molecule has 0 aliphatic rings. The van der Waals surface area contributed by atoms with Gasteiger partial charge in [-0.25, -0.2) is 0 Å². The van der Waals surface area contributed by atoms with Crippen molar-refractivity contribution in [3.8, 4) is 5.88 Å². The first kappa shape index (κ1) is 14.1. The molecular weight excluding hydrogens is 232 g/mol. The Bertz CT molecular complexity index is 421. The highest BCUT2D eigenvalue weighted by Crippen LogP contribution is 2.22. The topological polar surface area (TPSA) is 94.5 Å². The minimum Gasteiger partial charge on any atom is -0.476 e. The fourth-order valence-electron chi connectivity index (χ4n) is 1.33. The number of hydrogen-bond acceptors (Lipinski definition) is 5. The number of carbonyl (C=O) groups excluding carboxylic acids is 1. The molecule has 4 N–H and O–H groups in total. The van der Waals surface area contributed by atoms with E-state index in [1.165, 1.54) is 0 Å². The molecule has 1 heterocycles. The van der Waals surface area contributed by atoms with Crippen LogP contribution in [-0.2, 0) is 4.79 Å². The van der Waals surface area contributed by atoms with Gasteiger partial charge in [-0.15, -0.1) is 0 Å². The minimum absolute atomic E-state index is 0.0978. The van der Waals surface area contributed by atoms with Crippen molar-refractivity contribution < 1.29 is 9.53 Å². The second-order valence-corrected chi connectivity index (χ2v) is 4.59. The fraction of sp³-hybridized carbons (Fsp3) is 0.500. The number of carbonyl (C=O) groups is 1. The predicted molar refractivity (Wildman–Crippen MR) is 71.4 cm³/mol. The van der Waals surface area contributed by atoms with E-state index in [1.54, 1.807) is 24.1 Å². The number of anilines is 2. The highest BCUT2D eigenvalue weighted by Gasteiger charge is 2.10. The molecule has 0 saturated carbocycles. The molecule has 0 fully saturated rings. The summed E-state index contributed by atoms with van der Waals surface area (Å²) in [5.41, 5.74) is 11.4. The van der Waals surface area contributed by atoms with E-state index in [4.69, 9.17) is 16.2 Å². The van der Waals surface area contributed by atoms with Gasteiger partial charge >= 0.3 is 0 Å². The summed E-state index contributed by atoms with van der Waals surface area (Å²) in [5, 5.41) is 0. The van der Waals surface area contributed by atoms with Gasteiger partial charge in [-0.3, -0.25) is 4.79 Å². The van der Waals surface area contributed by atoms with Crippen LogP contribution >= 0.6 is 0 Å². The van der Waals surface area contributed by atoms with Crippen molar-refractivity contribution >= 4 is 17.4 Å². The quantitative estimate of drug-likeness (QED) is 0.774. The normalized spacial score (nSPS) is 10.4. The molecule has 0 aromatic carbocycles. The predicted octanol–water partition coefficient (Wildman–Crippen LogP) is 0.620. The first-order valence-electron chi connectivity index (χ1n) is 5.79. The van der Waals surface area contributed by atoms with Crippen LogP contribution in [0.2, 0.25) is 0 Å². The van der Waals surface area contributed by atoms with Crippen LogP contribution in [0, 0.1) is 5.92 Å². The van der Waals surface area contributed by atoms with Gasteiger partial charge in [0, 0.05) is 7.05 Å². The Labute approximate surface area is 107 Å². The van der Waals surface area contributed by atoms with Crippen LogP contribution < -0.4 is 21.1 Å². The van der Waals surface area contributed by atoms with Gasteiger partial charge in [0.25, 0.3) is 0 Å². The van der Waals surface area contributed by atoms with Crippen molar-refractivity contribution in [3.63, 3.8) is 0 Å². The van der Waals surface area contributed by atoms with E-state index in [0.717, 1.165) is 0 Å². The number of aromatic nitrogens is 1. The summed E-state index contributed by atoms with van der Waals surface area (Å²) in [6.07, 6.45) is 0. The van der Waals surface area contributed by atoms with Gasteiger partial charge in [0.15, 0.2) is 0 Å². The third-order valence-electron chi connectivity index (χ3n) is 2.21. The van der Waals surface area contributed by atoms with Crippen LogP contribution in [0.5, 0.6) is 5.88 Å². The number of pyridine rings is 1. The number of nitrogens with two attached hydrogens (primary N) is 2. The molecule has 6 nitrogen and oxygen atoms in total. The molecular formula is C12H20N4O2. The zero-order chi connectivity index (χ0) is 13.7. The molecule has 0 radical (unpaired) electrons. The molecule has 0 bridgehead atoms. The third kappa shape index (κ3) is 4.12. The number of hydrogen-bond donors (Lipinski definition) is 2. The second-order valence-electron chi connectivity index (χ2n) is 4.59. The summed E-state index contributed by atoms with van der Waals surface area (Å²) in [5.74, 6) is 0.957. The molecule has 0 unspecified atom stereocenters. The first-order valence-corrected chi connectivity index (χ1v) is 5.79. The first-order chi connectivity index (χ1) is 8.40. The van der Waals surface area contributed by atoms with E-state index < -0.39 is 5.91 Å². The molecule has 0 saturated heterocycles. The standard InChI is InChI=1S/C12H20N4O2/c1-8(2)7-18-12-9(13)4-5-11(15-12)16(3)6-10(14)17/h4-5,8H,6-7,13H2,1-3H3,(H2,14,17). The Morgan fingerprint density at radius 3 is 2.72 bits per heavy atom. The molecule has 6 heteroatoms. The Morgan fingerprint density at radius 2 is 2.17 bits per heavy atom. The summed E-state index contributed by atoms with van der Waals surface area (Å²) in [4.78, 5) is 16.8. The van der Waals surface area contributed by atoms with Crippen LogP contribution in [0.15, 0.2) is 12.1 Å². The lowest BCUT2D eigenvalue weighted by molar-refractivity contribution is -0.116. The summed E-state index contributed by atoms with van der Waals surface area (Å²) in [6, 6.07) is 3.43. The average Bonchev–Trinajstić information content (AvgIpc) is 2.26. The van der Waals surface area contributed by atoms with E-state index in [9.17, 15) is 4.79 Å². The Morgan fingerprint density at radius 1 is 1.50 bits per heavy atom. The highest BCUT2D eigenvalue weighted by atomic mass is 16.5. The summed E-state index contributed by atoms with van der Waals surface area (Å²) >= 11 is 0. The van der Waals surface area contributed by atoms with Crippen LogP contribution in [0.1, 0.15) is 13.8 Å². The molecule has 0 aliphatic carbocycles. The number of likely N-dealkylation sites (N-methyl/N-ethyl adjacent to an activating group) is 1. The van der Waals surface area contributed by atoms with Crippen molar-refractivity contribution in [3.05, 3.63) is 12.1 Å². The molecule has 18 heavy (non-hydrogen) atoms. The van der Waals surface area contributed by atoms with Gasteiger partial charge in [0.2, 0.25) is 11.8 Å². The second kappa shape index (κ2) is 6.09. The molecule has 1 rings (SSSR count). The van der Waals surface area contributed by atoms with Crippen LogP contribution in [0.4, 0.5) is 11.5 Å². The summed E-state index contributed by atoms with van der Waals surface area (Å²) in [6.45, 7) is 4.72. The number of ether oxygens (including phenoxy) is 1. The lowest BCUT2D eigenvalue weighted by atomic mass is 10.2. The van der Waals surface area contributed by atoms with Crippen LogP contribution in [0.3, 0.4) is 0 Å². The van der Waals surface area contributed by atoms with E-state index in [2.05, 4.69) is 4.98 Å². The maximum Gasteiger partial charge on any atom is 0.239 e. The zero-order valence-corrected chi connectivity index (χ0v) is 11.0. The number of rotatable bonds is 6. The molecule has 1 aromatic heterocycles. The number of nitrogen functional groups attached to an aromatic ring is 1. The SMILES string of the molecule is CC(C)COc1nc(N(C)CC(N)=O)ccc1N. The zero-order valence-electron chi connectivity index (χ0n) is 11.0. The van der Waals surface area contributed by atoms with Gasteiger partial charge in [0.1, 0.15) is 5.82 Å². The molecule has 1 amide bonds. The molecule has 0 aliphatic heterocycles. The van der Waals surface area contributed by atoms with Crippen LogP contribution in [0.25, 0.3) is 0 Å². The Kier molecular flexibility index (Phi) is 4.76. The van der Waals surface area contributed by atoms with Crippen molar-refractivity contribution in [2.24, 2.45) is 11.7 Å². The molecule has 100 valence electrons. The maximum absolute atomic E-state index is 10.8. The van der Waals surface area contributed by atoms with Crippen molar-refractivity contribution in [1.82, 2.24) is 4.98 Å². The number of amides is 1. The van der Waals surface area contributed by atoms with E-state index in [1.807, 2.05) is 13.8 Å².